The lowest BCUT2D eigenvalue weighted by Gasteiger charge is -2.03. The number of ketones is 1. The summed E-state index contributed by atoms with van der Waals surface area (Å²) in [6.07, 6.45) is 0.957. The number of aromatic nitrogens is 2. The lowest BCUT2D eigenvalue weighted by Crippen LogP contribution is -2.05. The number of Topliss-reactive ketones (excluding diaryl/α,β-unsaturated/α-hetero) is 1. The smallest absolute Gasteiger partial charge is 0.180 e. The number of carbonyl (C=O) groups is 1. The summed E-state index contributed by atoms with van der Waals surface area (Å²) < 4.78 is 3.94. The summed E-state index contributed by atoms with van der Waals surface area (Å²) >= 11 is 1.24. The van der Waals surface area contributed by atoms with Crippen LogP contribution >= 0.6 is 11.5 Å². The maximum atomic E-state index is 12.5. The van der Waals surface area contributed by atoms with Gasteiger partial charge in [0.25, 0.3) is 0 Å². The van der Waals surface area contributed by atoms with Gasteiger partial charge >= 0.3 is 0 Å². The lowest BCUT2D eigenvalue weighted by atomic mass is 10.0. The highest BCUT2D eigenvalue weighted by atomic mass is 32.1. The summed E-state index contributed by atoms with van der Waals surface area (Å²) in [5.74, 6) is 0.997. The standard InChI is InChI=1S/C15H16N2OS/c1-9(2)13-15(19-17-16-13)14(18)12-8-11(12)10-6-4-3-5-7-10/h3-7,9,11-12H,8H2,1-2H3. The van der Waals surface area contributed by atoms with Gasteiger partial charge < -0.3 is 0 Å². The number of benzene rings is 1. The minimum atomic E-state index is 0.127. The van der Waals surface area contributed by atoms with E-state index in [1.165, 1.54) is 17.1 Å². The molecule has 0 aliphatic heterocycles. The van der Waals surface area contributed by atoms with E-state index < -0.39 is 0 Å². The molecule has 1 aliphatic rings. The maximum Gasteiger partial charge on any atom is 0.180 e. The van der Waals surface area contributed by atoms with Gasteiger partial charge in [-0.25, -0.2) is 0 Å². The van der Waals surface area contributed by atoms with E-state index in [4.69, 9.17) is 0 Å². The van der Waals surface area contributed by atoms with Crippen LogP contribution in [0.1, 0.15) is 53.0 Å². The minimum Gasteiger partial charge on any atom is -0.293 e. The third-order valence-corrected chi connectivity index (χ3v) is 4.40. The zero-order valence-electron chi connectivity index (χ0n) is 11.0. The second kappa shape index (κ2) is 4.85. The van der Waals surface area contributed by atoms with Crippen LogP contribution in [0.4, 0.5) is 0 Å². The van der Waals surface area contributed by atoms with Crippen LogP contribution in [0, 0.1) is 5.92 Å². The summed E-state index contributed by atoms with van der Waals surface area (Å²) in [6.45, 7) is 4.10. The topological polar surface area (TPSA) is 42.9 Å². The van der Waals surface area contributed by atoms with Crippen molar-refractivity contribution in [2.24, 2.45) is 5.92 Å². The molecular formula is C15H16N2OS. The van der Waals surface area contributed by atoms with E-state index >= 15 is 0 Å². The zero-order valence-corrected chi connectivity index (χ0v) is 11.9. The molecule has 0 N–H and O–H groups in total. The molecular weight excluding hydrogens is 256 g/mol. The molecule has 1 heterocycles. The first kappa shape index (κ1) is 12.5. The molecule has 1 aromatic heterocycles. The molecule has 1 saturated carbocycles. The maximum absolute atomic E-state index is 12.5. The van der Waals surface area contributed by atoms with Crippen LogP contribution in [0.25, 0.3) is 0 Å². The molecule has 98 valence electrons. The Balaban J connectivity index is 1.78. The van der Waals surface area contributed by atoms with Crippen LogP contribution in [0.5, 0.6) is 0 Å². The Hall–Kier alpha value is -1.55. The highest BCUT2D eigenvalue weighted by Crippen LogP contribution is 2.49. The zero-order chi connectivity index (χ0) is 13.4. The number of carbonyl (C=O) groups excluding carboxylic acids is 1. The fourth-order valence-electron chi connectivity index (χ4n) is 2.47. The fraction of sp³-hybridized carbons (Fsp3) is 0.400. The molecule has 0 saturated heterocycles. The molecule has 0 bridgehead atoms. The molecule has 2 aromatic rings. The third-order valence-electron chi connectivity index (χ3n) is 3.64. The van der Waals surface area contributed by atoms with Crippen LogP contribution in [-0.4, -0.2) is 15.4 Å². The van der Waals surface area contributed by atoms with E-state index in [1.54, 1.807) is 0 Å². The summed E-state index contributed by atoms with van der Waals surface area (Å²) in [6, 6.07) is 10.3. The molecule has 1 fully saturated rings. The van der Waals surface area contributed by atoms with Crippen molar-refractivity contribution in [1.29, 1.82) is 0 Å². The molecule has 3 rings (SSSR count). The fourth-order valence-corrected chi connectivity index (χ4v) is 3.29. The van der Waals surface area contributed by atoms with E-state index in [0.29, 0.717) is 5.92 Å². The van der Waals surface area contributed by atoms with E-state index in [-0.39, 0.29) is 17.6 Å². The monoisotopic (exact) mass is 272 g/mol. The second-order valence-electron chi connectivity index (χ2n) is 5.37. The van der Waals surface area contributed by atoms with Gasteiger partial charge in [0.05, 0.1) is 5.69 Å². The summed E-state index contributed by atoms with van der Waals surface area (Å²) in [7, 11) is 0. The Morgan fingerprint density at radius 2 is 2.05 bits per heavy atom. The van der Waals surface area contributed by atoms with Gasteiger partial charge in [0, 0.05) is 5.92 Å². The van der Waals surface area contributed by atoms with Crippen molar-refractivity contribution in [3.63, 3.8) is 0 Å². The van der Waals surface area contributed by atoms with Crippen molar-refractivity contribution in [3.8, 4) is 0 Å². The van der Waals surface area contributed by atoms with E-state index in [2.05, 4.69) is 35.6 Å². The van der Waals surface area contributed by atoms with Crippen molar-refractivity contribution < 1.29 is 4.79 Å². The Labute approximate surface area is 116 Å². The number of rotatable bonds is 4. The molecule has 0 spiro atoms. The third kappa shape index (κ3) is 2.32. The van der Waals surface area contributed by atoms with Crippen molar-refractivity contribution in [3.05, 3.63) is 46.5 Å². The average Bonchev–Trinajstić information content (AvgIpc) is 3.06. The molecule has 1 aliphatic carbocycles. The number of hydrogen-bond donors (Lipinski definition) is 0. The van der Waals surface area contributed by atoms with Gasteiger partial charge in [-0.2, -0.15) is 0 Å². The first-order valence-corrected chi connectivity index (χ1v) is 7.37. The summed E-state index contributed by atoms with van der Waals surface area (Å²) in [5.41, 5.74) is 2.12. The van der Waals surface area contributed by atoms with Gasteiger partial charge in [0.2, 0.25) is 0 Å². The lowest BCUT2D eigenvalue weighted by molar-refractivity contribution is 0.0968. The van der Waals surface area contributed by atoms with Crippen LogP contribution in [0.2, 0.25) is 0 Å². The van der Waals surface area contributed by atoms with Crippen molar-refractivity contribution in [2.45, 2.75) is 32.1 Å². The Bertz CT molecular complexity index is 591. The molecule has 3 nitrogen and oxygen atoms in total. The van der Waals surface area contributed by atoms with Gasteiger partial charge in [-0.15, -0.1) is 5.10 Å². The van der Waals surface area contributed by atoms with Crippen molar-refractivity contribution in [2.75, 3.05) is 0 Å². The van der Waals surface area contributed by atoms with Gasteiger partial charge in [-0.05, 0) is 35.4 Å². The summed E-state index contributed by atoms with van der Waals surface area (Å²) in [4.78, 5) is 13.3. The first-order chi connectivity index (χ1) is 9.18. The highest BCUT2D eigenvalue weighted by molar-refractivity contribution is 7.08. The molecule has 2 atom stereocenters. The van der Waals surface area contributed by atoms with E-state index in [1.807, 2.05) is 18.2 Å². The first-order valence-electron chi connectivity index (χ1n) is 6.60. The Morgan fingerprint density at radius 1 is 1.32 bits per heavy atom. The molecule has 2 unspecified atom stereocenters. The Kier molecular flexibility index (Phi) is 3.19. The predicted octanol–water partition coefficient (Wildman–Crippen LogP) is 3.65. The van der Waals surface area contributed by atoms with E-state index in [9.17, 15) is 4.79 Å². The van der Waals surface area contributed by atoms with Gasteiger partial charge in [0.15, 0.2) is 5.78 Å². The molecule has 19 heavy (non-hydrogen) atoms. The van der Waals surface area contributed by atoms with Gasteiger partial charge in [-0.3, -0.25) is 4.79 Å². The van der Waals surface area contributed by atoms with Crippen LogP contribution in [0.15, 0.2) is 30.3 Å². The average molecular weight is 272 g/mol. The second-order valence-corrected chi connectivity index (χ2v) is 6.12. The van der Waals surface area contributed by atoms with E-state index in [0.717, 1.165) is 17.0 Å². The largest absolute Gasteiger partial charge is 0.293 e. The number of hydrogen-bond acceptors (Lipinski definition) is 4. The molecule has 0 amide bonds. The van der Waals surface area contributed by atoms with Crippen LogP contribution < -0.4 is 0 Å². The minimum absolute atomic E-state index is 0.127. The van der Waals surface area contributed by atoms with Gasteiger partial charge in [0.1, 0.15) is 4.88 Å². The summed E-state index contributed by atoms with van der Waals surface area (Å²) in [5, 5.41) is 4.09. The predicted molar refractivity (Wildman–Crippen MR) is 75.6 cm³/mol. The highest BCUT2D eigenvalue weighted by Gasteiger charge is 2.45. The quantitative estimate of drug-likeness (QED) is 0.798. The molecule has 0 radical (unpaired) electrons. The van der Waals surface area contributed by atoms with Crippen molar-refractivity contribution >= 4 is 17.3 Å². The number of nitrogens with zero attached hydrogens (tertiary/aromatic N) is 2. The van der Waals surface area contributed by atoms with Crippen LogP contribution in [0.3, 0.4) is 0 Å². The molecule has 4 heteroatoms. The van der Waals surface area contributed by atoms with Crippen molar-refractivity contribution in [1.82, 2.24) is 9.59 Å². The Morgan fingerprint density at radius 3 is 2.74 bits per heavy atom. The van der Waals surface area contributed by atoms with Crippen LogP contribution in [-0.2, 0) is 0 Å². The molecule has 1 aromatic carbocycles. The SMILES string of the molecule is CC(C)c1nnsc1C(=O)C1CC1c1ccccc1. The normalized spacial score (nSPS) is 21.6. The van der Waals surface area contributed by atoms with Gasteiger partial charge in [-0.1, -0.05) is 48.7 Å².